The lowest BCUT2D eigenvalue weighted by Crippen LogP contribution is -2.24. The molecular weight excluding hydrogens is 328 g/mol. The van der Waals surface area contributed by atoms with Crippen LogP contribution in [0, 0.1) is 0 Å². The molecule has 2 aliphatic rings. The number of nitrogens with two attached hydrogens (primary N) is 1. The van der Waals surface area contributed by atoms with E-state index >= 15 is 0 Å². The van der Waals surface area contributed by atoms with Gasteiger partial charge in [0.05, 0.1) is 30.2 Å². The molecule has 2 N–H and O–H groups in total. The predicted molar refractivity (Wildman–Crippen MR) is 102 cm³/mol. The first kappa shape index (κ1) is 15.5. The van der Waals surface area contributed by atoms with Crippen molar-refractivity contribution in [2.75, 3.05) is 32.5 Å². The summed E-state index contributed by atoms with van der Waals surface area (Å²) in [7, 11) is 1.67. The fourth-order valence-electron chi connectivity index (χ4n) is 3.99. The zero-order chi connectivity index (χ0) is 17.7. The molecule has 0 amide bonds. The molecule has 134 valence electrons. The molecule has 0 radical (unpaired) electrons. The molecule has 6 heteroatoms. The Hall–Kier alpha value is -2.73. The van der Waals surface area contributed by atoms with Crippen molar-refractivity contribution >= 4 is 16.6 Å². The van der Waals surface area contributed by atoms with Crippen molar-refractivity contribution in [3.8, 4) is 28.5 Å². The van der Waals surface area contributed by atoms with Crippen LogP contribution in [-0.4, -0.2) is 41.4 Å². The van der Waals surface area contributed by atoms with Gasteiger partial charge in [-0.3, -0.25) is 4.68 Å². The highest BCUT2D eigenvalue weighted by atomic mass is 16.5. The van der Waals surface area contributed by atoms with Gasteiger partial charge in [0.1, 0.15) is 17.2 Å². The van der Waals surface area contributed by atoms with Gasteiger partial charge in [-0.15, -0.1) is 0 Å². The lowest BCUT2D eigenvalue weighted by Gasteiger charge is -2.18. The van der Waals surface area contributed by atoms with Gasteiger partial charge >= 0.3 is 0 Å². The molecule has 0 aliphatic carbocycles. The van der Waals surface area contributed by atoms with E-state index in [1.54, 1.807) is 7.11 Å². The first-order valence-electron chi connectivity index (χ1n) is 9.12. The molecule has 2 aliphatic heterocycles. The van der Waals surface area contributed by atoms with Crippen molar-refractivity contribution in [3.63, 3.8) is 0 Å². The maximum absolute atomic E-state index is 6.20. The molecule has 1 saturated heterocycles. The summed E-state index contributed by atoms with van der Waals surface area (Å²) in [5, 5.41) is 5.93. The number of likely N-dealkylation sites (tertiary alicyclic amines) is 1. The second-order valence-electron chi connectivity index (χ2n) is 6.96. The molecule has 3 heterocycles. The first-order valence-corrected chi connectivity index (χ1v) is 9.12. The summed E-state index contributed by atoms with van der Waals surface area (Å²) in [5.41, 5.74) is 9.78. The van der Waals surface area contributed by atoms with Gasteiger partial charge in [0, 0.05) is 12.1 Å². The van der Waals surface area contributed by atoms with Crippen molar-refractivity contribution in [3.05, 3.63) is 30.3 Å². The van der Waals surface area contributed by atoms with Gasteiger partial charge < -0.3 is 20.1 Å². The zero-order valence-electron chi connectivity index (χ0n) is 14.9. The van der Waals surface area contributed by atoms with Crippen LogP contribution in [0.3, 0.4) is 0 Å². The molecule has 0 atom stereocenters. The van der Waals surface area contributed by atoms with Gasteiger partial charge in [-0.05, 0) is 56.3 Å². The van der Waals surface area contributed by atoms with E-state index in [0.717, 1.165) is 46.7 Å². The van der Waals surface area contributed by atoms with E-state index in [-0.39, 0.29) is 0 Å². The van der Waals surface area contributed by atoms with Crippen LogP contribution in [0.25, 0.3) is 22.2 Å². The maximum atomic E-state index is 6.20. The smallest absolute Gasteiger partial charge is 0.161 e. The first-order chi connectivity index (χ1) is 12.7. The number of ether oxygens (including phenoxy) is 2. The third-order valence-electron chi connectivity index (χ3n) is 5.38. The minimum atomic E-state index is 0.638. The molecule has 0 unspecified atom stereocenters. The number of rotatable bonds is 4. The number of nitrogen functional groups attached to an aromatic ring is 1. The minimum absolute atomic E-state index is 0.638. The Morgan fingerprint density at radius 2 is 2.00 bits per heavy atom. The fourth-order valence-corrected chi connectivity index (χ4v) is 3.99. The van der Waals surface area contributed by atoms with Crippen LogP contribution in [0.1, 0.15) is 12.8 Å². The molecule has 2 aromatic carbocycles. The molecule has 1 aromatic heterocycles. The standard InChI is InChI=1S/C20H22N4O2/c1-25-13-4-7-17-14(12-13)19-18-16(6-5-15(21)20(18)26-17)24(22-19)11-10-23-8-2-3-9-23/h4-7,12H,2-3,8-11,21H2,1H3. The SMILES string of the molecule is COc1ccc2c(c1)-c1nn(CCN3CCCC3)c3ccc(N)c(c13)O2. The van der Waals surface area contributed by atoms with Crippen LogP contribution < -0.4 is 15.2 Å². The Morgan fingerprint density at radius 1 is 1.15 bits per heavy atom. The van der Waals surface area contributed by atoms with E-state index in [4.69, 9.17) is 20.3 Å². The Bertz CT molecular complexity index is 989. The summed E-state index contributed by atoms with van der Waals surface area (Å²) >= 11 is 0. The largest absolute Gasteiger partial charge is 0.497 e. The number of fused-ring (bicyclic) bond motifs is 2. The number of hydrogen-bond donors (Lipinski definition) is 1. The minimum Gasteiger partial charge on any atom is -0.497 e. The van der Waals surface area contributed by atoms with Crippen LogP contribution in [-0.2, 0) is 6.54 Å². The van der Waals surface area contributed by atoms with Gasteiger partial charge in [-0.2, -0.15) is 5.10 Å². The topological polar surface area (TPSA) is 65.5 Å². The van der Waals surface area contributed by atoms with E-state index < -0.39 is 0 Å². The molecule has 0 spiro atoms. The average Bonchev–Trinajstić information content (AvgIpc) is 3.31. The number of nitrogens with zero attached hydrogens (tertiary/aromatic N) is 3. The van der Waals surface area contributed by atoms with Gasteiger partial charge in [-0.25, -0.2) is 0 Å². The molecule has 0 saturated carbocycles. The fraction of sp³-hybridized carbons (Fsp3) is 0.350. The highest BCUT2D eigenvalue weighted by Gasteiger charge is 2.27. The number of hydrogen-bond acceptors (Lipinski definition) is 5. The summed E-state index contributed by atoms with van der Waals surface area (Å²) in [6, 6.07) is 9.74. The summed E-state index contributed by atoms with van der Waals surface area (Å²) in [4.78, 5) is 2.50. The molecule has 3 aromatic rings. The van der Waals surface area contributed by atoms with Crippen LogP contribution in [0.2, 0.25) is 0 Å². The Morgan fingerprint density at radius 3 is 2.81 bits per heavy atom. The number of benzene rings is 2. The molecule has 26 heavy (non-hydrogen) atoms. The Labute approximate surface area is 152 Å². The van der Waals surface area contributed by atoms with Gasteiger partial charge in [0.25, 0.3) is 0 Å². The van der Waals surface area contributed by atoms with Crippen molar-refractivity contribution in [1.82, 2.24) is 14.7 Å². The third kappa shape index (κ3) is 2.33. The quantitative estimate of drug-likeness (QED) is 0.571. The van der Waals surface area contributed by atoms with E-state index in [9.17, 15) is 0 Å². The van der Waals surface area contributed by atoms with Crippen molar-refractivity contribution in [2.45, 2.75) is 19.4 Å². The summed E-state index contributed by atoms with van der Waals surface area (Å²) < 4.78 is 13.6. The molecule has 5 rings (SSSR count). The zero-order valence-corrected chi connectivity index (χ0v) is 14.9. The summed E-state index contributed by atoms with van der Waals surface area (Å²) in [6.07, 6.45) is 2.60. The third-order valence-corrected chi connectivity index (χ3v) is 5.38. The number of methoxy groups -OCH3 is 1. The van der Waals surface area contributed by atoms with Crippen LogP contribution in [0.15, 0.2) is 30.3 Å². The monoisotopic (exact) mass is 350 g/mol. The van der Waals surface area contributed by atoms with E-state index in [2.05, 4.69) is 9.58 Å². The van der Waals surface area contributed by atoms with Crippen LogP contribution >= 0.6 is 0 Å². The molecule has 0 bridgehead atoms. The lowest BCUT2D eigenvalue weighted by molar-refractivity contribution is 0.318. The van der Waals surface area contributed by atoms with Crippen LogP contribution in [0.4, 0.5) is 5.69 Å². The maximum Gasteiger partial charge on any atom is 0.161 e. The molecular formula is C20H22N4O2. The van der Waals surface area contributed by atoms with Crippen molar-refractivity contribution in [2.24, 2.45) is 0 Å². The van der Waals surface area contributed by atoms with Gasteiger partial charge in [0.2, 0.25) is 0 Å². The average molecular weight is 350 g/mol. The second kappa shape index (κ2) is 5.92. The lowest BCUT2D eigenvalue weighted by atomic mass is 10.0. The second-order valence-corrected chi connectivity index (χ2v) is 6.96. The predicted octanol–water partition coefficient (Wildman–Crippen LogP) is 3.50. The Balaban J connectivity index is 1.63. The molecule has 6 nitrogen and oxygen atoms in total. The van der Waals surface area contributed by atoms with E-state index in [1.807, 2.05) is 30.3 Å². The highest BCUT2D eigenvalue weighted by molar-refractivity contribution is 6.04. The number of aromatic nitrogens is 2. The van der Waals surface area contributed by atoms with Crippen molar-refractivity contribution in [1.29, 1.82) is 0 Å². The normalized spacial score (nSPS) is 15.9. The van der Waals surface area contributed by atoms with Gasteiger partial charge in [-0.1, -0.05) is 0 Å². The Kier molecular flexibility index (Phi) is 3.53. The summed E-state index contributed by atoms with van der Waals surface area (Å²) in [5.74, 6) is 2.27. The van der Waals surface area contributed by atoms with E-state index in [1.165, 1.54) is 25.9 Å². The van der Waals surface area contributed by atoms with Crippen molar-refractivity contribution < 1.29 is 9.47 Å². The summed E-state index contributed by atoms with van der Waals surface area (Å²) in [6.45, 7) is 4.25. The highest BCUT2D eigenvalue weighted by Crippen LogP contribution is 2.49. The van der Waals surface area contributed by atoms with E-state index in [0.29, 0.717) is 11.4 Å². The van der Waals surface area contributed by atoms with Gasteiger partial charge in [0.15, 0.2) is 5.75 Å². The van der Waals surface area contributed by atoms with Crippen LogP contribution in [0.5, 0.6) is 17.2 Å². The number of anilines is 1. The molecule has 1 fully saturated rings.